The molecule has 0 heterocycles. The van der Waals surface area contributed by atoms with Crippen LogP contribution in [-0.2, 0) is 0 Å². The summed E-state index contributed by atoms with van der Waals surface area (Å²) < 4.78 is 0. The molecule has 3 rings (SSSR count). The summed E-state index contributed by atoms with van der Waals surface area (Å²) in [7, 11) is 0. The van der Waals surface area contributed by atoms with Crippen LogP contribution in [0.15, 0.2) is 40.6 Å². The number of nitrogens with zero attached hydrogens (tertiary/aromatic N) is 1. The predicted molar refractivity (Wildman–Crippen MR) is 128 cm³/mol. The maximum absolute atomic E-state index is 11.1. The Bertz CT molecular complexity index is 731. The summed E-state index contributed by atoms with van der Waals surface area (Å²) in [5, 5.41) is 23.4. The Hall–Kier alpha value is -1.26. The van der Waals surface area contributed by atoms with Crippen LogP contribution in [-0.4, -0.2) is 28.0 Å². The van der Waals surface area contributed by atoms with Gasteiger partial charge in [0.15, 0.2) is 0 Å². The van der Waals surface area contributed by atoms with Crippen LogP contribution in [0.4, 0.5) is 0 Å². The van der Waals surface area contributed by atoms with E-state index in [-0.39, 0.29) is 0 Å². The maximum atomic E-state index is 11.1. The first-order valence-corrected chi connectivity index (χ1v) is 12.3. The van der Waals surface area contributed by atoms with E-state index in [1.807, 2.05) is 13.8 Å². The number of aliphatic hydroxyl groups is 2. The summed E-state index contributed by atoms with van der Waals surface area (Å²) in [4.78, 5) is 11.1. The van der Waals surface area contributed by atoms with Gasteiger partial charge in [-0.3, -0.25) is 0 Å². The Morgan fingerprint density at radius 3 is 2.71 bits per heavy atom. The highest BCUT2D eigenvalue weighted by atomic mass is 16.3. The average molecular weight is 430 g/mol. The first-order valence-electron chi connectivity index (χ1n) is 12.3. The van der Waals surface area contributed by atoms with Gasteiger partial charge in [0.1, 0.15) is 6.04 Å². The van der Waals surface area contributed by atoms with Crippen LogP contribution in [0.3, 0.4) is 0 Å². The van der Waals surface area contributed by atoms with Gasteiger partial charge in [-0.2, -0.15) is 4.91 Å². The minimum atomic E-state index is -0.654. The van der Waals surface area contributed by atoms with Crippen molar-refractivity contribution >= 4 is 0 Å². The van der Waals surface area contributed by atoms with E-state index in [0.29, 0.717) is 35.7 Å². The minimum absolute atomic E-state index is 0.365. The predicted octanol–water partition coefficient (Wildman–Crippen LogP) is 6.48. The van der Waals surface area contributed by atoms with E-state index < -0.39 is 17.7 Å². The molecule has 0 amide bonds. The molecular formula is C27H43NO3. The van der Waals surface area contributed by atoms with Crippen molar-refractivity contribution in [2.75, 3.05) is 0 Å². The van der Waals surface area contributed by atoms with E-state index in [0.717, 1.165) is 30.8 Å². The van der Waals surface area contributed by atoms with Crippen molar-refractivity contribution in [3.05, 3.63) is 40.4 Å². The Morgan fingerprint density at radius 1 is 1.29 bits per heavy atom. The fraction of sp³-hybridized carbons (Fsp3) is 0.778. The fourth-order valence-electron chi connectivity index (χ4n) is 6.80. The SMILES string of the molecule is C=C1[C@H](O)C/C(=C\C=C2/CCC[C@]3(C)C([C@@H](C)CCCC(C)(C)O)CC[C@@H]23)C[C@H]1N=O. The molecule has 0 aliphatic heterocycles. The van der Waals surface area contributed by atoms with Crippen LogP contribution in [0.25, 0.3) is 0 Å². The van der Waals surface area contributed by atoms with Gasteiger partial charge in [0.05, 0.1) is 11.7 Å². The average Bonchev–Trinajstić information content (AvgIpc) is 3.05. The number of hydrogen-bond donors (Lipinski definition) is 2. The van der Waals surface area contributed by atoms with Gasteiger partial charge >= 0.3 is 0 Å². The molecule has 174 valence electrons. The first-order chi connectivity index (χ1) is 14.5. The number of allylic oxidation sites excluding steroid dienone is 3. The number of nitroso groups, excluding NO2 is 1. The second-order valence-corrected chi connectivity index (χ2v) is 11.5. The van der Waals surface area contributed by atoms with Crippen molar-refractivity contribution in [2.24, 2.45) is 28.3 Å². The highest BCUT2D eigenvalue weighted by molar-refractivity contribution is 5.30. The standard InChI is InChI=1S/C27H43NO3/c1-18(8-6-14-26(3,4)30)22-12-13-23-21(9-7-15-27(22,23)5)11-10-20-16-24(28-31)19(2)25(29)17-20/h10-11,18,22-25,29-30H,2,6-9,12-17H2,1,3-5H3/b20-10-,21-11+/t18-,22?,23-,24+,25+,27+/m0/s1. The molecule has 6 atom stereocenters. The summed E-state index contributed by atoms with van der Waals surface area (Å²) in [5.41, 5.74) is 3.03. The maximum Gasteiger partial charge on any atom is 0.119 e. The van der Waals surface area contributed by atoms with Crippen molar-refractivity contribution in [3.63, 3.8) is 0 Å². The molecule has 1 unspecified atom stereocenters. The zero-order chi connectivity index (χ0) is 22.8. The van der Waals surface area contributed by atoms with E-state index in [1.165, 1.54) is 32.1 Å². The lowest BCUT2D eigenvalue weighted by atomic mass is 9.60. The quantitative estimate of drug-likeness (QED) is 0.359. The van der Waals surface area contributed by atoms with E-state index in [2.05, 4.69) is 37.8 Å². The van der Waals surface area contributed by atoms with Crippen molar-refractivity contribution in [1.29, 1.82) is 0 Å². The summed E-state index contributed by atoms with van der Waals surface area (Å²) in [6.45, 7) is 12.6. The molecule has 4 nitrogen and oxygen atoms in total. The summed E-state index contributed by atoms with van der Waals surface area (Å²) in [6.07, 6.45) is 14.4. The van der Waals surface area contributed by atoms with E-state index in [9.17, 15) is 15.1 Å². The molecule has 3 aliphatic carbocycles. The molecule has 3 fully saturated rings. The lowest BCUT2D eigenvalue weighted by Crippen LogP contribution is -2.36. The topological polar surface area (TPSA) is 69.9 Å². The van der Waals surface area contributed by atoms with Gasteiger partial charge < -0.3 is 10.2 Å². The van der Waals surface area contributed by atoms with Crippen LogP contribution in [0.2, 0.25) is 0 Å². The molecule has 0 spiro atoms. The fourth-order valence-corrected chi connectivity index (χ4v) is 6.80. The molecule has 0 aromatic rings. The molecule has 2 N–H and O–H groups in total. The van der Waals surface area contributed by atoms with E-state index in [4.69, 9.17) is 0 Å². The Kier molecular flexibility index (Phi) is 7.63. The third kappa shape index (κ3) is 5.57. The normalized spacial score (nSPS) is 37.8. The molecular weight excluding hydrogens is 386 g/mol. The Balaban J connectivity index is 1.69. The monoisotopic (exact) mass is 429 g/mol. The largest absolute Gasteiger partial charge is 0.390 e. The highest BCUT2D eigenvalue weighted by Crippen LogP contribution is 2.60. The molecule has 0 saturated heterocycles. The lowest BCUT2D eigenvalue weighted by molar-refractivity contribution is 0.0596. The van der Waals surface area contributed by atoms with Crippen LogP contribution >= 0.6 is 0 Å². The number of aliphatic hydroxyl groups excluding tert-OH is 1. The van der Waals surface area contributed by atoms with Crippen molar-refractivity contribution < 1.29 is 10.2 Å². The Labute approximate surface area is 188 Å². The van der Waals surface area contributed by atoms with Gasteiger partial charge in [-0.1, -0.05) is 61.7 Å². The summed E-state index contributed by atoms with van der Waals surface area (Å²) >= 11 is 0. The van der Waals surface area contributed by atoms with Crippen LogP contribution < -0.4 is 0 Å². The molecule has 0 radical (unpaired) electrons. The van der Waals surface area contributed by atoms with Crippen molar-refractivity contribution in [2.45, 2.75) is 110 Å². The molecule has 3 aliphatic rings. The molecule has 0 bridgehead atoms. The second kappa shape index (κ2) is 9.70. The van der Waals surface area contributed by atoms with Crippen LogP contribution in [0.5, 0.6) is 0 Å². The molecule has 3 saturated carbocycles. The third-order valence-electron chi connectivity index (χ3n) is 8.60. The number of hydrogen-bond acceptors (Lipinski definition) is 4. The molecule has 31 heavy (non-hydrogen) atoms. The van der Waals surface area contributed by atoms with Gasteiger partial charge in [-0.15, -0.1) is 0 Å². The van der Waals surface area contributed by atoms with Gasteiger partial charge in [-0.05, 0) is 94.0 Å². The van der Waals surface area contributed by atoms with Crippen LogP contribution in [0.1, 0.15) is 91.9 Å². The summed E-state index contributed by atoms with van der Waals surface area (Å²) in [6, 6.07) is -0.495. The second-order valence-electron chi connectivity index (χ2n) is 11.5. The smallest absolute Gasteiger partial charge is 0.119 e. The summed E-state index contributed by atoms with van der Waals surface area (Å²) in [5.74, 6) is 2.08. The third-order valence-corrected chi connectivity index (χ3v) is 8.60. The van der Waals surface area contributed by atoms with Gasteiger partial charge in [0.2, 0.25) is 0 Å². The van der Waals surface area contributed by atoms with Gasteiger partial charge in [0.25, 0.3) is 0 Å². The van der Waals surface area contributed by atoms with E-state index >= 15 is 0 Å². The minimum Gasteiger partial charge on any atom is -0.390 e. The number of rotatable bonds is 7. The molecule has 4 heteroatoms. The van der Waals surface area contributed by atoms with Crippen molar-refractivity contribution in [3.8, 4) is 0 Å². The molecule has 0 aromatic carbocycles. The van der Waals surface area contributed by atoms with Gasteiger partial charge in [-0.25, -0.2) is 0 Å². The molecule has 0 aromatic heterocycles. The van der Waals surface area contributed by atoms with Crippen molar-refractivity contribution in [1.82, 2.24) is 0 Å². The number of fused-ring (bicyclic) bond motifs is 1. The highest BCUT2D eigenvalue weighted by Gasteiger charge is 2.50. The zero-order valence-electron chi connectivity index (χ0n) is 20.1. The van der Waals surface area contributed by atoms with E-state index in [1.54, 1.807) is 5.57 Å². The first kappa shape index (κ1) is 24.4. The van der Waals surface area contributed by atoms with Gasteiger partial charge in [0, 0.05) is 0 Å². The Morgan fingerprint density at radius 2 is 2.03 bits per heavy atom. The zero-order valence-corrected chi connectivity index (χ0v) is 20.1. The van der Waals surface area contributed by atoms with Crippen LogP contribution in [0, 0.1) is 28.1 Å². The lowest BCUT2D eigenvalue weighted by Gasteiger charge is -2.44.